The summed E-state index contributed by atoms with van der Waals surface area (Å²) in [7, 11) is 3.18. The van der Waals surface area contributed by atoms with Gasteiger partial charge in [0.15, 0.2) is 16.6 Å². The van der Waals surface area contributed by atoms with Crippen LogP contribution in [0.5, 0.6) is 11.5 Å². The van der Waals surface area contributed by atoms with Crippen LogP contribution in [-0.4, -0.2) is 35.8 Å². The molecule has 3 aromatic rings. The van der Waals surface area contributed by atoms with Crippen LogP contribution in [0.3, 0.4) is 0 Å². The number of amides is 1. The predicted octanol–water partition coefficient (Wildman–Crippen LogP) is 4.01. The maximum Gasteiger partial charge on any atom is 0.269 e. The maximum absolute atomic E-state index is 12.4. The van der Waals surface area contributed by atoms with Crippen LogP contribution in [0.1, 0.15) is 27.9 Å². The first-order valence-electron chi connectivity index (χ1n) is 8.22. The Morgan fingerprint density at radius 2 is 1.96 bits per heavy atom. The molecule has 0 spiro atoms. The molecule has 0 saturated heterocycles. The van der Waals surface area contributed by atoms with Crippen molar-refractivity contribution in [3.05, 3.63) is 45.9 Å². The highest BCUT2D eigenvalue weighted by molar-refractivity contribution is 7.18. The van der Waals surface area contributed by atoms with E-state index >= 15 is 0 Å². The number of aromatic nitrogens is 2. The zero-order valence-corrected chi connectivity index (χ0v) is 17.4. The minimum Gasteiger partial charge on any atom is -0.493 e. The smallest absolute Gasteiger partial charge is 0.269 e. The molecule has 0 unspecified atom stereocenters. The summed E-state index contributed by atoms with van der Waals surface area (Å²) in [5, 5.41) is 10.00. The van der Waals surface area contributed by atoms with Crippen LogP contribution in [0.4, 0.5) is 10.3 Å². The lowest BCUT2D eigenvalue weighted by Gasteiger charge is -2.09. The number of benzene rings is 1. The van der Waals surface area contributed by atoms with Crippen LogP contribution in [0.25, 0.3) is 0 Å². The molecule has 1 amide bonds. The second-order valence-corrected chi connectivity index (χ2v) is 7.50. The molecule has 0 fully saturated rings. The largest absolute Gasteiger partial charge is 0.493 e. The standard InChI is InChI=1S/C18H19N5O3S2/c1-10(12-5-6-13(25-3)14(9-12)26-4)22-23-18-20-11(2)15(28-18)16(24)21-17-19-7-8-27-17/h5-9H,1-4H3,(H,20,23)(H,19,21,24)/b22-10+. The number of hydrogen-bond acceptors (Lipinski definition) is 9. The molecule has 3 rings (SSSR count). The Balaban J connectivity index is 1.72. The van der Waals surface area contributed by atoms with Crippen molar-refractivity contribution in [3.63, 3.8) is 0 Å². The van der Waals surface area contributed by atoms with E-state index in [1.165, 1.54) is 22.7 Å². The molecule has 2 aromatic heterocycles. The zero-order valence-electron chi connectivity index (χ0n) is 15.8. The number of nitrogens with zero attached hydrogens (tertiary/aromatic N) is 3. The molecule has 2 heterocycles. The van der Waals surface area contributed by atoms with Gasteiger partial charge in [-0.3, -0.25) is 15.5 Å². The summed E-state index contributed by atoms with van der Waals surface area (Å²) in [6.07, 6.45) is 1.64. The summed E-state index contributed by atoms with van der Waals surface area (Å²) in [4.78, 5) is 21.3. The molecule has 0 aliphatic rings. The van der Waals surface area contributed by atoms with Crippen LogP contribution in [-0.2, 0) is 0 Å². The number of carbonyl (C=O) groups is 1. The zero-order chi connectivity index (χ0) is 20.1. The lowest BCUT2D eigenvalue weighted by atomic mass is 10.1. The second-order valence-electron chi connectivity index (χ2n) is 5.60. The monoisotopic (exact) mass is 417 g/mol. The number of methoxy groups -OCH3 is 2. The van der Waals surface area contributed by atoms with E-state index in [4.69, 9.17) is 9.47 Å². The number of ether oxygens (including phenoxy) is 2. The molecule has 0 radical (unpaired) electrons. The molecule has 28 heavy (non-hydrogen) atoms. The van der Waals surface area contributed by atoms with Crippen molar-refractivity contribution in [3.8, 4) is 11.5 Å². The quantitative estimate of drug-likeness (QED) is 0.445. The molecular formula is C18H19N5O3S2. The Hall–Kier alpha value is -2.98. The van der Waals surface area contributed by atoms with Gasteiger partial charge >= 0.3 is 0 Å². The molecule has 0 atom stereocenters. The molecule has 0 aliphatic carbocycles. The Kier molecular flexibility index (Phi) is 6.22. The average Bonchev–Trinajstić information content (AvgIpc) is 3.34. The van der Waals surface area contributed by atoms with Crippen molar-refractivity contribution < 1.29 is 14.3 Å². The van der Waals surface area contributed by atoms with Gasteiger partial charge in [-0.2, -0.15) is 5.10 Å². The molecule has 2 N–H and O–H groups in total. The molecular weight excluding hydrogens is 398 g/mol. The molecule has 146 valence electrons. The minimum absolute atomic E-state index is 0.237. The number of nitrogens with one attached hydrogen (secondary N) is 2. The van der Waals surface area contributed by atoms with E-state index in [-0.39, 0.29) is 5.91 Å². The number of hydrogen-bond donors (Lipinski definition) is 2. The van der Waals surface area contributed by atoms with Gasteiger partial charge < -0.3 is 9.47 Å². The molecule has 0 saturated carbocycles. The number of rotatable bonds is 7. The van der Waals surface area contributed by atoms with Gasteiger partial charge in [-0.25, -0.2) is 9.97 Å². The normalized spacial score (nSPS) is 11.2. The van der Waals surface area contributed by atoms with Crippen LogP contribution in [0.15, 0.2) is 34.9 Å². The van der Waals surface area contributed by atoms with Crippen molar-refractivity contribution in [2.45, 2.75) is 13.8 Å². The van der Waals surface area contributed by atoms with Gasteiger partial charge in [0.05, 0.1) is 25.6 Å². The van der Waals surface area contributed by atoms with E-state index in [0.29, 0.717) is 32.3 Å². The topological polar surface area (TPSA) is 97.7 Å². The van der Waals surface area contributed by atoms with E-state index in [2.05, 4.69) is 25.8 Å². The Bertz CT molecular complexity index is 999. The SMILES string of the molecule is COc1ccc(/C(C)=N/Nc2nc(C)c(C(=O)Nc3nccs3)s2)cc1OC. The van der Waals surface area contributed by atoms with Crippen molar-refractivity contribution in [1.82, 2.24) is 9.97 Å². The number of anilines is 2. The first-order chi connectivity index (χ1) is 13.5. The number of thiazole rings is 2. The van der Waals surface area contributed by atoms with E-state index < -0.39 is 0 Å². The van der Waals surface area contributed by atoms with Crippen molar-refractivity contribution in [2.75, 3.05) is 25.0 Å². The van der Waals surface area contributed by atoms with Gasteiger partial charge in [-0.05, 0) is 32.0 Å². The number of hydrazone groups is 1. The van der Waals surface area contributed by atoms with E-state index in [9.17, 15) is 4.79 Å². The third-order valence-electron chi connectivity index (χ3n) is 3.78. The number of aryl methyl sites for hydroxylation is 1. The first kappa shape index (κ1) is 19.8. The van der Waals surface area contributed by atoms with Gasteiger partial charge in [0, 0.05) is 17.1 Å². The number of carbonyl (C=O) groups excluding carboxylic acids is 1. The Morgan fingerprint density at radius 1 is 1.18 bits per heavy atom. The lowest BCUT2D eigenvalue weighted by molar-refractivity contribution is 0.103. The summed E-state index contributed by atoms with van der Waals surface area (Å²) in [5.41, 5.74) is 5.15. The van der Waals surface area contributed by atoms with Crippen LogP contribution in [0.2, 0.25) is 0 Å². The highest BCUT2D eigenvalue weighted by atomic mass is 32.1. The van der Waals surface area contributed by atoms with E-state index in [1.54, 1.807) is 32.7 Å². The second kappa shape index (κ2) is 8.81. The maximum atomic E-state index is 12.4. The molecule has 1 aromatic carbocycles. The lowest BCUT2D eigenvalue weighted by Crippen LogP contribution is -2.11. The average molecular weight is 418 g/mol. The summed E-state index contributed by atoms with van der Waals surface area (Å²) < 4.78 is 10.6. The highest BCUT2D eigenvalue weighted by Gasteiger charge is 2.16. The Labute approximate surface area is 170 Å². The van der Waals surface area contributed by atoms with Gasteiger partial charge in [-0.1, -0.05) is 11.3 Å². The molecule has 10 heteroatoms. The van der Waals surface area contributed by atoms with Crippen LogP contribution in [0, 0.1) is 6.92 Å². The molecule has 8 nitrogen and oxygen atoms in total. The fourth-order valence-electron chi connectivity index (χ4n) is 2.35. The van der Waals surface area contributed by atoms with Gasteiger partial charge in [0.1, 0.15) is 4.88 Å². The summed E-state index contributed by atoms with van der Waals surface area (Å²) in [6, 6.07) is 5.56. The third-order valence-corrected chi connectivity index (χ3v) is 5.53. The summed E-state index contributed by atoms with van der Waals surface area (Å²) in [5.74, 6) is 1.04. The van der Waals surface area contributed by atoms with Crippen LogP contribution < -0.4 is 20.2 Å². The third kappa shape index (κ3) is 4.46. The van der Waals surface area contributed by atoms with Crippen molar-refractivity contribution >= 4 is 44.6 Å². The van der Waals surface area contributed by atoms with E-state index in [0.717, 1.165) is 11.3 Å². The first-order valence-corrected chi connectivity index (χ1v) is 9.92. The van der Waals surface area contributed by atoms with Gasteiger partial charge in [0.25, 0.3) is 5.91 Å². The minimum atomic E-state index is -0.237. The Morgan fingerprint density at radius 3 is 2.64 bits per heavy atom. The molecule has 0 bridgehead atoms. The fraction of sp³-hybridized carbons (Fsp3) is 0.222. The summed E-state index contributed by atoms with van der Waals surface area (Å²) >= 11 is 2.59. The summed E-state index contributed by atoms with van der Waals surface area (Å²) in [6.45, 7) is 3.65. The molecule has 0 aliphatic heterocycles. The van der Waals surface area contributed by atoms with E-state index in [1.807, 2.05) is 25.1 Å². The van der Waals surface area contributed by atoms with Crippen molar-refractivity contribution in [1.29, 1.82) is 0 Å². The van der Waals surface area contributed by atoms with Gasteiger partial charge in [-0.15, -0.1) is 11.3 Å². The van der Waals surface area contributed by atoms with Gasteiger partial charge in [0.2, 0.25) is 5.13 Å². The highest BCUT2D eigenvalue weighted by Crippen LogP contribution is 2.28. The van der Waals surface area contributed by atoms with Crippen LogP contribution >= 0.6 is 22.7 Å². The fourth-order valence-corrected chi connectivity index (χ4v) is 3.68. The van der Waals surface area contributed by atoms with Crippen molar-refractivity contribution in [2.24, 2.45) is 5.10 Å². The predicted molar refractivity (Wildman–Crippen MR) is 112 cm³/mol.